The molecular weight excluding hydrogens is 326 g/mol. The topological polar surface area (TPSA) is 46.9 Å². The molecule has 2 heterocycles. The fourth-order valence-corrected chi connectivity index (χ4v) is 3.71. The number of benzene rings is 1. The molecule has 4 nitrogen and oxygen atoms in total. The zero-order valence-electron chi connectivity index (χ0n) is 12.7. The number of hydrogen-bond acceptors (Lipinski definition) is 4. The van der Waals surface area contributed by atoms with Crippen LogP contribution in [0.2, 0.25) is 0 Å². The summed E-state index contributed by atoms with van der Waals surface area (Å²) in [4.78, 5) is 13.5. The molecule has 6 heteroatoms. The van der Waals surface area contributed by atoms with Crippen molar-refractivity contribution in [2.24, 2.45) is 0 Å². The first kappa shape index (κ1) is 15.8. The number of thiophene rings is 1. The van der Waals surface area contributed by atoms with Gasteiger partial charge in [-0.05, 0) is 46.8 Å². The molecule has 0 bridgehead atoms. The van der Waals surface area contributed by atoms with E-state index in [1.54, 1.807) is 29.3 Å². The molecule has 1 aromatic carbocycles. The van der Waals surface area contributed by atoms with Gasteiger partial charge in [0.2, 0.25) is 0 Å². The Kier molecular flexibility index (Phi) is 5.15. The van der Waals surface area contributed by atoms with Gasteiger partial charge < -0.3 is 5.32 Å². The van der Waals surface area contributed by atoms with Gasteiger partial charge in [0.15, 0.2) is 0 Å². The van der Waals surface area contributed by atoms with E-state index >= 15 is 0 Å². The molecule has 23 heavy (non-hydrogen) atoms. The maximum absolute atomic E-state index is 12.5. The number of aromatic nitrogens is 2. The Morgan fingerprint density at radius 3 is 2.91 bits per heavy atom. The summed E-state index contributed by atoms with van der Waals surface area (Å²) in [6.07, 6.45) is 5.65. The van der Waals surface area contributed by atoms with Gasteiger partial charge in [0, 0.05) is 23.8 Å². The summed E-state index contributed by atoms with van der Waals surface area (Å²) >= 11 is 3.22. The van der Waals surface area contributed by atoms with Crippen LogP contribution in [0.1, 0.15) is 22.0 Å². The number of nitrogens with zero attached hydrogens (tertiary/aromatic N) is 2. The molecule has 0 saturated carbocycles. The standard InChI is InChI=1S/C17H17N3OS2/c1-22-16-6-3-2-5-14(16)17(21)18-11-15(13-7-10-23-12-13)20-9-4-8-19-20/h2-10,12,15H,11H2,1H3,(H,18,21)/t15-/m0/s1. The molecule has 2 aromatic heterocycles. The van der Waals surface area contributed by atoms with Crippen LogP contribution in [-0.4, -0.2) is 28.5 Å². The van der Waals surface area contributed by atoms with Gasteiger partial charge in [0.05, 0.1) is 11.6 Å². The number of carbonyl (C=O) groups is 1. The fraction of sp³-hybridized carbons (Fsp3) is 0.176. The molecule has 0 fully saturated rings. The largest absolute Gasteiger partial charge is 0.349 e. The van der Waals surface area contributed by atoms with E-state index in [4.69, 9.17) is 0 Å². The predicted octanol–water partition coefficient (Wildman–Crippen LogP) is 3.69. The van der Waals surface area contributed by atoms with E-state index in [9.17, 15) is 4.79 Å². The quantitative estimate of drug-likeness (QED) is 0.695. The van der Waals surface area contributed by atoms with Gasteiger partial charge in [-0.25, -0.2) is 0 Å². The van der Waals surface area contributed by atoms with Crippen molar-refractivity contribution in [3.8, 4) is 0 Å². The first-order valence-corrected chi connectivity index (χ1v) is 9.39. The van der Waals surface area contributed by atoms with Crippen molar-refractivity contribution in [1.82, 2.24) is 15.1 Å². The van der Waals surface area contributed by atoms with E-state index in [0.29, 0.717) is 12.1 Å². The summed E-state index contributed by atoms with van der Waals surface area (Å²) < 4.78 is 1.88. The van der Waals surface area contributed by atoms with Crippen LogP contribution in [0.15, 0.2) is 64.4 Å². The molecule has 1 amide bonds. The van der Waals surface area contributed by atoms with Gasteiger partial charge in [-0.2, -0.15) is 16.4 Å². The number of amides is 1. The monoisotopic (exact) mass is 343 g/mol. The zero-order valence-corrected chi connectivity index (χ0v) is 14.3. The van der Waals surface area contributed by atoms with Gasteiger partial charge in [-0.3, -0.25) is 9.48 Å². The average molecular weight is 343 g/mol. The second-order valence-electron chi connectivity index (χ2n) is 4.97. The lowest BCUT2D eigenvalue weighted by Crippen LogP contribution is -2.31. The van der Waals surface area contributed by atoms with E-state index in [-0.39, 0.29) is 11.9 Å². The van der Waals surface area contributed by atoms with Crippen LogP contribution in [0.25, 0.3) is 0 Å². The van der Waals surface area contributed by atoms with Crippen LogP contribution in [0.5, 0.6) is 0 Å². The van der Waals surface area contributed by atoms with Crippen molar-refractivity contribution < 1.29 is 4.79 Å². The van der Waals surface area contributed by atoms with Crippen LogP contribution in [-0.2, 0) is 0 Å². The van der Waals surface area contributed by atoms with E-state index in [1.165, 1.54) is 0 Å². The molecule has 0 radical (unpaired) electrons. The molecule has 0 saturated heterocycles. The first-order chi connectivity index (χ1) is 11.3. The highest BCUT2D eigenvalue weighted by atomic mass is 32.2. The maximum atomic E-state index is 12.5. The lowest BCUT2D eigenvalue weighted by molar-refractivity contribution is 0.0946. The molecule has 0 aliphatic rings. The van der Waals surface area contributed by atoms with E-state index < -0.39 is 0 Å². The molecular formula is C17H17N3OS2. The summed E-state index contributed by atoms with van der Waals surface area (Å²) in [7, 11) is 0. The van der Waals surface area contributed by atoms with Gasteiger partial charge in [-0.1, -0.05) is 12.1 Å². The summed E-state index contributed by atoms with van der Waals surface area (Å²) in [5, 5.41) is 11.5. The van der Waals surface area contributed by atoms with Crippen LogP contribution >= 0.6 is 23.1 Å². The van der Waals surface area contributed by atoms with Crippen molar-refractivity contribution >= 4 is 29.0 Å². The van der Waals surface area contributed by atoms with Crippen LogP contribution in [0.4, 0.5) is 0 Å². The Bertz CT molecular complexity index is 720. The number of nitrogens with one attached hydrogen (secondary N) is 1. The molecule has 0 aliphatic heterocycles. The summed E-state index contributed by atoms with van der Waals surface area (Å²) in [5.74, 6) is -0.0534. The zero-order chi connectivity index (χ0) is 16.1. The van der Waals surface area contributed by atoms with Gasteiger partial charge in [-0.15, -0.1) is 11.8 Å². The second kappa shape index (κ2) is 7.48. The van der Waals surface area contributed by atoms with Gasteiger partial charge in [0.1, 0.15) is 0 Å². The highest BCUT2D eigenvalue weighted by Gasteiger charge is 2.17. The average Bonchev–Trinajstić information content (AvgIpc) is 3.29. The summed E-state index contributed by atoms with van der Waals surface area (Å²) in [6, 6.07) is 11.6. The molecule has 1 atom stereocenters. The molecule has 118 valence electrons. The number of thioether (sulfide) groups is 1. The second-order valence-corrected chi connectivity index (χ2v) is 6.60. The van der Waals surface area contributed by atoms with Crippen LogP contribution in [0, 0.1) is 0 Å². The smallest absolute Gasteiger partial charge is 0.252 e. The Balaban J connectivity index is 1.76. The molecule has 0 unspecified atom stereocenters. The Labute approximate surface area is 143 Å². The fourth-order valence-electron chi connectivity index (χ4n) is 2.41. The third kappa shape index (κ3) is 3.65. The van der Waals surface area contributed by atoms with Crippen LogP contribution in [0.3, 0.4) is 0 Å². The van der Waals surface area contributed by atoms with Crippen molar-refractivity contribution in [3.05, 3.63) is 70.7 Å². The minimum atomic E-state index is -0.0534. The lowest BCUT2D eigenvalue weighted by Gasteiger charge is -2.18. The molecule has 1 N–H and O–H groups in total. The number of rotatable bonds is 6. The molecule has 0 spiro atoms. The number of carbonyl (C=O) groups excluding carboxylic acids is 1. The minimum Gasteiger partial charge on any atom is -0.349 e. The van der Waals surface area contributed by atoms with Crippen molar-refractivity contribution in [1.29, 1.82) is 0 Å². The van der Waals surface area contributed by atoms with E-state index in [1.807, 2.05) is 52.8 Å². The van der Waals surface area contributed by atoms with Crippen molar-refractivity contribution in [2.45, 2.75) is 10.9 Å². The first-order valence-electron chi connectivity index (χ1n) is 7.22. The highest BCUT2D eigenvalue weighted by Crippen LogP contribution is 2.22. The van der Waals surface area contributed by atoms with Crippen LogP contribution < -0.4 is 5.32 Å². The predicted molar refractivity (Wildman–Crippen MR) is 95.2 cm³/mol. The third-order valence-electron chi connectivity index (χ3n) is 3.58. The van der Waals surface area contributed by atoms with E-state index in [2.05, 4.69) is 21.9 Å². The Morgan fingerprint density at radius 1 is 1.35 bits per heavy atom. The third-order valence-corrected chi connectivity index (χ3v) is 5.08. The Morgan fingerprint density at radius 2 is 2.22 bits per heavy atom. The Hall–Kier alpha value is -2.05. The molecule has 3 aromatic rings. The summed E-state index contributed by atoms with van der Waals surface area (Å²) in [5.41, 5.74) is 1.86. The van der Waals surface area contributed by atoms with Gasteiger partial charge >= 0.3 is 0 Å². The van der Waals surface area contributed by atoms with E-state index in [0.717, 1.165) is 10.5 Å². The molecule has 3 rings (SSSR count). The number of hydrogen-bond donors (Lipinski definition) is 1. The van der Waals surface area contributed by atoms with Crippen molar-refractivity contribution in [2.75, 3.05) is 12.8 Å². The SMILES string of the molecule is CSc1ccccc1C(=O)NC[C@@H](c1ccsc1)n1cccn1. The summed E-state index contributed by atoms with van der Waals surface area (Å²) in [6.45, 7) is 0.500. The van der Waals surface area contributed by atoms with Crippen molar-refractivity contribution in [3.63, 3.8) is 0 Å². The normalized spacial score (nSPS) is 12.0. The maximum Gasteiger partial charge on any atom is 0.252 e. The molecule has 0 aliphatic carbocycles. The minimum absolute atomic E-state index is 0.00152. The highest BCUT2D eigenvalue weighted by molar-refractivity contribution is 7.98. The van der Waals surface area contributed by atoms with Gasteiger partial charge in [0.25, 0.3) is 5.91 Å². The lowest BCUT2D eigenvalue weighted by atomic mass is 10.1.